The zero-order chi connectivity index (χ0) is 11.8. The van der Waals surface area contributed by atoms with E-state index in [0.717, 1.165) is 6.07 Å². The molecule has 0 heterocycles. The number of carbonyl (C=O) groups is 1. The van der Waals surface area contributed by atoms with Gasteiger partial charge in [0.1, 0.15) is 0 Å². The van der Waals surface area contributed by atoms with Crippen molar-refractivity contribution in [2.75, 3.05) is 0 Å². The van der Waals surface area contributed by atoms with Gasteiger partial charge in [-0.05, 0) is 24.6 Å². The first-order valence-corrected chi connectivity index (χ1v) is 4.63. The third-order valence-corrected chi connectivity index (χ3v) is 2.73. The number of hydrogen-bond donors (Lipinski definition) is 1. The van der Waals surface area contributed by atoms with Crippen LogP contribution in [-0.2, 0) is 6.18 Å². The van der Waals surface area contributed by atoms with E-state index in [1.165, 1.54) is 6.92 Å². The summed E-state index contributed by atoms with van der Waals surface area (Å²) in [6.07, 6.45) is -4.54. The minimum Gasteiger partial charge on any atom is -0.478 e. The maximum Gasteiger partial charge on any atom is 0.416 e. The molecule has 0 aliphatic heterocycles. The number of hydrogen-bond acceptors (Lipinski definition) is 1. The lowest BCUT2D eigenvalue weighted by Crippen LogP contribution is -2.09. The van der Waals surface area contributed by atoms with Crippen molar-refractivity contribution in [2.24, 2.45) is 0 Å². The van der Waals surface area contributed by atoms with Crippen molar-refractivity contribution in [2.45, 2.75) is 13.1 Å². The molecule has 0 aromatic heterocycles. The molecule has 0 aliphatic rings. The summed E-state index contributed by atoms with van der Waals surface area (Å²) < 4.78 is 37.1. The Morgan fingerprint density at radius 3 is 2.33 bits per heavy atom. The molecular formula is C9H6BrF3O2. The van der Waals surface area contributed by atoms with Gasteiger partial charge in [0, 0.05) is 4.47 Å². The highest BCUT2D eigenvalue weighted by Crippen LogP contribution is 2.33. The fourth-order valence-corrected chi connectivity index (χ4v) is 1.52. The predicted molar refractivity (Wildman–Crippen MR) is 50.8 cm³/mol. The molecule has 82 valence electrons. The quantitative estimate of drug-likeness (QED) is 0.856. The van der Waals surface area contributed by atoms with Crippen molar-refractivity contribution < 1.29 is 23.1 Å². The van der Waals surface area contributed by atoms with Crippen molar-refractivity contribution in [1.82, 2.24) is 0 Å². The number of alkyl halides is 3. The van der Waals surface area contributed by atoms with Crippen LogP contribution in [0.15, 0.2) is 16.6 Å². The fourth-order valence-electron chi connectivity index (χ4n) is 1.06. The Labute approximate surface area is 91.8 Å². The third kappa shape index (κ3) is 2.50. The van der Waals surface area contributed by atoms with E-state index in [9.17, 15) is 18.0 Å². The molecule has 0 atom stereocenters. The average molecular weight is 283 g/mol. The van der Waals surface area contributed by atoms with Crippen LogP contribution in [0.5, 0.6) is 0 Å². The molecule has 0 aliphatic carbocycles. The minimum absolute atomic E-state index is 0.134. The van der Waals surface area contributed by atoms with Gasteiger partial charge in [-0.25, -0.2) is 4.79 Å². The lowest BCUT2D eigenvalue weighted by Gasteiger charge is -2.10. The second-order valence-electron chi connectivity index (χ2n) is 2.93. The SMILES string of the molecule is Cc1c(Br)cc(C(F)(F)F)cc1C(=O)O. The van der Waals surface area contributed by atoms with E-state index in [0.29, 0.717) is 6.07 Å². The van der Waals surface area contributed by atoms with E-state index in [-0.39, 0.29) is 15.6 Å². The molecule has 1 aromatic rings. The minimum atomic E-state index is -4.54. The molecule has 0 fully saturated rings. The van der Waals surface area contributed by atoms with E-state index in [1.54, 1.807) is 0 Å². The average Bonchev–Trinajstić information content (AvgIpc) is 2.06. The summed E-state index contributed by atoms with van der Waals surface area (Å²) in [5.41, 5.74) is -1.05. The molecule has 0 spiro atoms. The summed E-state index contributed by atoms with van der Waals surface area (Å²) in [5, 5.41) is 8.69. The van der Waals surface area contributed by atoms with E-state index in [1.807, 2.05) is 0 Å². The van der Waals surface area contributed by atoms with Crippen LogP contribution < -0.4 is 0 Å². The highest BCUT2D eigenvalue weighted by atomic mass is 79.9. The number of benzene rings is 1. The summed E-state index contributed by atoms with van der Waals surface area (Å²) in [6, 6.07) is 1.49. The molecule has 0 saturated heterocycles. The molecule has 1 N–H and O–H groups in total. The van der Waals surface area contributed by atoms with Crippen molar-refractivity contribution in [3.8, 4) is 0 Å². The maximum absolute atomic E-state index is 12.3. The van der Waals surface area contributed by atoms with Gasteiger partial charge in [-0.3, -0.25) is 0 Å². The highest BCUT2D eigenvalue weighted by Gasteiger charge is 2.32. The predicted octanol–water partition coefficient (Wildman–Crippen LogP) is 3.47. The lowest BCUT2D eigenvalue weighted by atomic mass is 10.0. The molecule has 1 aromatic carbocycles. The van der Waals surface area contributed by atoms with Gasteiger partial charge in [-0.1, -0.05) is 15.9 Å². The smallest absolute Gasteiger partial charge is 0.416 e. The second-order valence-corrected chi connectivity index (χ2v) is 3.79. The number of rotatable bonds is 1. The molecular weight excluding hydrogens is 277 g/mol. The first kappa shape index (κ1) is 12.0. The molecule has 0 bridgehead atoms. The van der Waals surface area contributed by atoms with Crippen LogP contribution in [0.2, 0.25) is 0 Å². The summed E-state index contributed by atoms with van der Waals surface area (Å²) in [4.78, 5) is 10.7. The summed E-state index contributed by atoms with van der Waals surface area (Å²) in [7, 11) is 0. The molecule has 0 saturated carbocycles. The van der Waals surface area contributed by atoms with Gasteiger partial charge in [0.25, 0.3) is 0 Å². The largest absolute Gasteiger partial charge is 0.478 e. The van der Waals surface area contributed by atoms with Gasteiger partial charge in [0.2, 0.25) is 0 Å². The molecule has 0 amide bonds. The number of halogens is 4. The van der Waals surface area contributed by atoms with Crippen LogP contribution in [-0.4, -0.2) is 11.1 Å². The van der Waals surface area contributed by atoms with Crippen LogP contribution in [0.3, 0.4) is 0 Å². The van der Waals surface area contributed by atoms with Crippen molar-refractivity contribution in [1.29, 1.82) is 0 Å². The summed E-state index contributed by atoms with van der Waals surface area (Å²) in [6.45, 7) is 1.44. The molecule has 1 rings (SSSR count). The molecule has 15 heavy (non-hydrogen) atoms. The van der Waals surface area contributed by atoms with Crippen LogP contribution >= 0.6 is 15.9 Å². The standard InChI is InChI=1S/C9H6BrF3O2/c1-4-6(8(14)15)2-5(3-7(4)10)9(11,12)13/h2-3H,1H3,(H,14,15). The van der Waals surface area contributed by atoms with Crippen molar-refractivity contribution in [3.05, 3.63) is 33.3 Å². The van der Waals surface area contributed by atoms with E-state index in [2.05, 4.69) is 15.9 Å². The van der Waals surface area contributed by atoms with Crippen LogP contribution in [0.4, 0.5) is 13.2 Å². The Bertz CT molecular complexity index is 413. The zero-order valence-electron chi connectivity index (χ0n) is 7.52. The Morgan fingerprint density at radius 1 is 1.40 bits per heavy atom. The van der Waals surface area contributed by atoms with Crippen molar-refractivity contribution in [3.63, 3.8) is 0 Å². The van der Waals surface area contributed by atoms with E-state index in [4.69, 9.17) is 5.11 Å². The first-order chi connectivity index (χ1) is 6.73. The summed E-state index contributed by atoms with van der Waals surface area (Å²) in [5.74, 6) is -1.38. The maximum atomic E-state index is 12.3. The fraction of sp³-hybridized carbons (Fsp3) is 0.222. The normalized spacial score (nSPS) is 11.5. The van der Waals surface area contributed by atoms with Gasteiger partial charge >= 0.3 is 12.1 Å². The Hall–Kier alpha value is -1.04. The number of carboxylic acids is 1. The Kier molecular flexibility index (Phi) is 3.08. The first-order valence-electron chi connectivity index (χ1n) is 3.84. The molecule has 0 radical (unpaired) electrons. The van der Waals surface area contributed by atoms with Crippen LogP contribution in [0.1, 0.15) is 21.5 Å². The van der Waals surface area contributed by atoms with Gasteiger partial charge < -0.3 is 5.11 Å². The Balaban J connectivity index is 3.43. The van der Waals surface area contributed by atoms with Crippen LogP contribution in [0, 0.1) is 6.92 Å². The summed E-state index contributed by atoms with van der Waals surface area (Å²) >= 11 is 2.89. The van der Waals surface area contributed by atoms with E-state index < -0.39 is 17.7 Å². The van der Waals surface area contributed by atoms with Gasteiger partial charge in [-0.2, -0.15) is 13.2 Å². The second kappa shape index (κ2) is 3.84. The Morgan fingerprint density at radius 2 is 1.93 bits per heavy atom. The van der Waals surface area contributed by atoms with Crippen LogP contribution in [0.25, 0.3) is 0 Å². The lowest BCUT2D eigenvalue weighted by molar-refractivity contribution is -0.137. The molecule has 0 unspecified atom stereocenters. The number of carboxylic acid groups (broad SMARTS) is 1. The van der Waals surface area contributed by atoms with Gasteiger partial charge in [0.05, 0.1) is 11.1 Å². The molecule has 2 nitrogen and oxygen atoms in total. The highest BCUT2D eigenvalue weighted by molar-refractivity contribution is 9.10. The third-order valence-electron chi connectivity index (χ3n) is 1.90. The zero-order valence-corrected chi connectivity index (χ0v) is 9.11. The number of aromatic carboxylic acids is 1. The molecule has 6 heteroatoms. The topological polar surface area (TPSA) is 37.3 Å². The monoisotopic (exact) mass is 282 g/mol. The van der Waals surface area contributed by atoms with Gasteiger partial charge in [-0.15, -0.1) is 0 Å². The van der Waals surface area contributed by atoms with E-state index >= 15 is 0 Å². The van der Waals surface area contributed by atoms with Crippen molar-refractivity contribution >= 4 is 21.9 Å². The van der Waals surface area contributed by atoms with Gasteiger partial charge in [0.15, 0.2) is 0 Å².